The monoisotopic (exact) mass is 382 g/mol. The van der Waals surface area contributed by atoms with Crippen LogP contribution in [0.15, 0.2) is 83.7 Å². The number of carbonyl (C=O) groups excluding carboxylic acids is 1. The van der Waals surface area contributed by atoms with Gasteiger partial charge in [0.2, 0.25) is 0 Å². The number of fused-ring (bicyclic) bond motifs is 1. The summed E-state index contributed by atoms with van der Waals surface area (Å²) in [5.74, 6) is -1.59. The molecule has 0 aliphatic heterocycles. The summed E-state index contributed by atoms with van der Waals surface area (Å²) in [6, 6.07) is 23.7. The zero-order valence-corrected chi connectivity index (χ0v) is 15.7. The van der Waals surface area contributed by atoms with Crippen LogP contribution in [0.5, 0.6) is 11.5 Å². The van der Waals surface area contributed by atoms with Crippen molar-refractivity contribution >= 4 is 16.6 Å². The summed E-state index contributed by atoms with van der Waals surface area (Å²) in [5, 5.41) is 21.8. The molecule has 2 N–H and O–H groups in total. The third-order valence-electron chi connectivity index (χ3n) is 4.98. The van der Waals surface area contributed by atoms with Crippen LogP contribution in [0.3, 0.4) is 0 Å². The Bertz CT molecular complexity index is 1320. The summed E-state index contributed by atoms with van der Waals surface area (Å²) in [6.45, 7) is 1.61. The Kier molecular flexibility index (Phi) is 4.61. The number of aromatic hydroxyl groups is 2. The minimum absolute atomic E-state index is 0.163. The van der Waals surface area contributed by atoms with Gasteiger partial charge in [0.05, 0.1) is 0 Å². The molecule has 0 saturated heterocycles. The van der Waals surface area contributed by atoms with Crippen LogP contribution in [0.4, 0.5) is 0 Å². The van der Waals surface area contributed by atoms with Crippen molar-refractivity contribution in [1.29, 1.82) is 0 Å². The molecular weight excluding hydrogens is 364 g/mol. The Morgan fingerprint density at radius 3 is 2.21 bits per heavy atom. The van der Waals surface area contributed by atoms with Crippen LogP contribution >= 0.6 is 0 Å². The van der Waals surface area contributed by atoms with Crippen molar-refractivity contribution in [3.8, 4) is 22.6 Å². The molecule has 0 spiro atoms. The third kappa shape index (κ3) is 3.48. The highest BCUT2D eigenvalue weighted by atomic mass is 16.3. The van der Waals surface area contributed by atoms with E-state index in [1.54, 1.807) is 25.1 Å². The minimum Gasteiger partial charge on any atom is -0.504 e. The maximum atomic E-state index is 13.1. The molecule has 0 radical (unpaired) electrons. The first-order valence-corrected chi connectivity index (χ1v) is 9.15. The summed E-state index contributed by atoms with van der Waals surface area (Å²) in [6.07, 6.45) is 0. The van der Waals surface area contributed by atoms with Crippen LogP contribution in [0.25, 0.3) is 21.9 Å². The lowest BCUT2D eigenvalue weighted by molar-refractivity contribution is 0.103. The number of hydrogen-bond acceptors (Lipinski definition) is 4. The normalized spacial score (nSPS) is 10.8. The van der Waals surface area contributed by atoms with Gasteiger partial charge in [-0.1, -0.05) is 54.6 Å². The van der Waals surface area contributed by atoms with E-state index in [1.807, 2.05) is 42.5 Å². The smallest absolute Gasteiger partial charge is 0.261 e. The van der Waals surface area contributed by atoms with Crippen LogP contribution in [0.2, 0.25) is 0 Å². The molecule has 0 amide bonds. The number of rotatable bonds is 3. The molecule has 29 heavy (non-hydrogen) atoms. The number of aryl methyl sites for hydroxylation is 1. The highest BCUT2D eigenvalue weighted by molar-refractivity contribution is 6.10. The number of benzene rings is 3. The van der Waals surface area contributed by atoms with E-state index in [4.69, 9.17) is 0 Å². The number of ketones is 1. The first kappa shape index (κ1) is 18.4. The fraction of sp³-hybridized carbons (Fsp3) is 0.0400. The lowest BCUT2D eigenvalue weighted by Gasteiger charge is -2.07. The van der Waals surface area contributed by atoms with E-state index in [0.717, 1.165) is 28.0 Å². The van der Waals surface area contributed by atoms with Gasteiger partial charge in [0.25, 0.3) is 5.43 Å². The lowest BCUT2D eigenvalue weighted by Crippen LogP contribution is -2.03. The summed E-state index contributed by atoms with van der Waals surface area (Å²) in [7, 11) is 0. The maximum Gasteiger partial charge on any atom is 0.261 e. The van der Waals surface area contributed by atoms with Crippen molar-refractivity contribution in [3.63, 3.8) is 0 Å². The van der Waals surface area contributed by atoms with Crippen LogP contribution in [0, 0.1) is 6.92 Å². The quantitative estimate of drug-likeness (QED) is 0.498. The summed E-state index contributed by atoms with van der Waals surface area (Å²) < 4.78 is 0. The van der Waals surface area contributed by atoms with Gasteiger partial charge in [-0.15, -0.1) is 0 Å². The molecule has 0 fully saturated rings. The predicted molar refractivity (Wildman–Crippen MR) is 114 cm³/mol. The minimum atomic E-state index is -0.905. The van der Waals surface area contributed by atoms with Gasteiger partial charge < -0.3 is 10.2 Å². The molecule has 142 valence electrons. The van der Waals surface area contributed by atoms with E-state index in [-0.39, 0.29) is 11.3 Å². The zero-order chi connectivity index (χ0) is 20.5. The molecule has 0 heterocycles. The highest BCUT2D eigenvalue weighted by Gasteiger charge is 2.15. The van der Waals surface area contributed by atoms with Crippen molar-refractivity contribution in [2.45, 2.75) is 6.92 Å². The predicted octanol–water partition coefficient (Wildman–Crippen LogP) is 4.82. The first-order chi connectivity index (χ1) is 13.9. The molecule has 0 saturated carbocycles. The average molecular weight is 382 g/mol. The molecule has 4 aromatic rings. The molecule has 4 nitrogen and oxygen atoms in total. The molecule has 0 aliphatic rings. The second kappa shape index (κ2) is 7.24. The SMILES string of the molecule is Cc1cc(O)c(=O)c(O)cc1C(=O)c1cccc(-c2ccc3ccccc3c2)c1. The Labute approximate surface area is 167 Å². The van der Waals surface area contributed by atoms with Gasteiger partial charge in [0.15, 0.2) is 17.3 Å². The van der Waals surface area contributed by atoms with Gasteiger partial charge in [0.1, 0.15) is 0 Å². The zero-order valence-electron chi connectivity index (χ0n) is 15.7. The number of carbonyl (C=O) groups is 1. The van der Waals surface area contributed by atoms with Crippen LogP contribution in [-0.4, -0.2) is 16.0 Å². The Hall–Kier alpha value is -3.92. The number of hydrogen-bond donors (Lipinski definition) is 2. The van der Waals surface area contributed by atoms with E-state index >= 15 is 0 Å². The molecule has 4 aromatic carbocycles. The van der Waals surface area contributed by atoms with Gasteiger partial charge in [-0.2, -0.15) is 0 Å². The van der Waals surface area contributed by atoms with E-state index < -0.39 is 16.9 Å². The Morgan fingerprint density at radius 1 is 0.724 bits per heavy atom. The summed E-state index contributed by atoms with van der Waals surface area (Å²) in [4.78, 5) is 24.8. The van der Waals surface area contributed by atoms with Crippen molar-refractivity contribution in [2.24, 2.45) is 0 Å². The van der Waals surface area contributed by atoms with E-state index in [0.29, 0.717) is 11.1 Å². The standard InChI is InChI=1S/C25H18O4/c1-15-11-22(26)25(29)23(27)14-21(15)24(28)20-8-4-7-18(13-20)19-10-9-16-5-2-3-6-17(16)12-19/h2-14H,1H3,(H2,26,27,29). The van der Waals surface area contributed by atoms with Gasteiger partial charge in [0, 0.05) is 11.1 Å². The molecular formula is C25H18O4. The molecule has 0 bridgehead atoms. The second-order valence-electron chi connectivity index (χ2n) is 6.96. The van der Waals surface area contributed by atoms with Crippen molar-refractivity contribution in [2.75, 3.05) is 0 Å². The van der Waals surface area contributed by atoms with E-state index in [1.165, 1.54) is 6.07 Å². The Morgan fingerprint density at radius 2 is 1.41 bits per heavy atom. The van der Waals surface area contributed by atoms with E-state index in [2.05, 4.69) is 6.07 Å². The molecule has 0 aromatic heterocycles. The summed E-state index contributed by atoms with van der Waals surface area (Å²) >= 11 is 0. The van der Waals surface area contributed by atoms with Gasteiger partial charge in [-0.05, 0) is 58.7 Å². The highest BCUT2D eigenvalue weighted by Crippen LogP contribution is 2.27. The molecule has 0 unspecified atom stereocenters. The molecule has 0 aliphatic carbocycles. The Balaban J connectivity index is 1.79. The van der Waals surface area contributed by atoms with Gasteiger partial charge in [-0.3, -0.25) is 9.59 Å². The lowest BCUT2D eigenvalue weighted by atomic mass is 9.96. The first-order valence-electron chi connectivity index (χ1n) is 9.15. The van der Waals surface area contributed by atoms with Crippen molar-refractivity contribution < 1.29 is 15.0 Å². The van der Waals surface area contributed by atoms with Crippen molar-refractivity contribution in [3.05, 3.63) is 106 Å². The van der Waals surface area contributed by atoms with Crippen molar-refractivity contribution in [1.82, 2.24) is 0 Å². The molecule has 0 atom stereocenters. The van der Waals surface area contributed by atoms with Gasteiger partial charge in [-0.25, -0.2) is 0 Å². The van der Waals surface area contributed by atoms with Crippen LogP contribution < -0.4 is 5.43 Å². The largest absolute Gasteiger partial charge is 0.504 e. The molecule has 4 rings (SSSR count). The maximum absolute atomic E-state index is 13.1. The molecule has 4 heteroatoms. The fourth-order valence-electron chi connectivity index (χ4n) is 3.40. The summed E-state index contributed by atoms with van der Waals surface area (Å²) in [5.41, 5.74) is 1.96. The van der Waals surface area contributed by atoms with Gasteiger partial charge >= 0.3 is 0 Å². The second-order valence-corrected chi connectivity index (χ2v) is 6.96. The average Bonchev–Trinajstić information content (AvgIpc) is 2.84. The van der Waals surface area contributed by atoms with Crippen LogP contribution in [-0.2, 0) is 0 Å². The van der Waals surface area contributed by atoms with Crippen LogP contribution in [0.1, 0.15) is 21.5 Å². The third-order valence-corrected chi connectivity index (χ3v) is 4.98. The fourth-order valence-corrected chi connectivity index (χ4v) is 3.40. The topological polar surface area (TPSA) is 74.6 Å². The van der Waals surface area contributed by atoms with E-state index in [9.17, 15) is 19.8 Å².